The first-order valence-electron chi connectivity index (χ1n) is 8.68. The molecule has 1 saturated heterocycles. The van der Waals surface area contributed by atoms with Gasteiger partial charge in [-0.1, -0.05) is 42.5 Å². The second-order valence-corrected chi connectivity index (χ2v) is 6.54. The Morgan fingerprint density at radius 1 is 1.12 bits per heavy atom. The van der Waals surface area contributed by atoms with Crippen molar-refractivity contribution in [3.63, 3.8) is 0 Å². The third kappa shape index (κ3) is 3.15. The van der Waals surface area contributed by atoms with E-state index in [0.29, 0.717) is 13.1 Å². The summed E-state index contributed by atoms with van der Waals surface area (Å²) in [6.07, 6.45) is 0.719. The van der Waals surface area contributed by atoms with Crippen LogP contribution in [0.4, 0.5) is 0 Å². The number of nitrogens with zero attached hydrogens (tertiary/aromatic N) is 3. The molecular formula is C20H22N4O. The molecule has 0 aliphatic carbocycles. The standard InChI is InChI=1S/C20H22N4O/c1-23-17-10-6-5-9-16(17)22-19(23)14-24-12-11-21-20(25)18(24)13-15-7-3-2-4-8-15/h2-10,18H,11-14H2,1H3,(H,21,25). The van der Waals surface area contributed by atoms with Gasteiger partial charge >= 0.3 is 0 Å². The lowest BCUT2D eigenvalue weighted by Crippen LogP contribution is -2.55. The highest BCUT2D eigenvalue weighted by Crippen LogP contribution is 2.19. The Morgan fingerprint density at radius 3 is 2.68 bits per heavy atom. The Kier molecular flexibility index (Phi) is 4.24. The summed E-state index contributed by atoms with van der Waals surface area (Å²) in [4.78, 5) is 19.5. The minimum absolute atomic E-state index is 0.105. The minimum Gasteiger partial charge on any atom is -0.353 e. The zero-order valence-corrected chi connectivity index (χ0v) is 14.4. The highest BCUT2D eigenvalue weighted by atomic mass is 16.2. The van der Waals surface area contributed by atoms with Crippen molar-refractivity contribution in [1.29, 1.82) is 0 Å². The lowest BCUT2D eigenvalue weighted by molar-refractivity contribution is -0.129. The summed E-state index contributed by atoms with van der Waals surface area (Å²) in [6, 6.07) is 18.2. The van der Waals surface area contributed by atoms with Crippen LogP contribution in [0.5, 0.6) is 0 Å². The molecule has 0 radical (unpaired) electrons. The van der Waals surface area contributed by atoms with Gasteiger partial charge < -0.3 is 9.88 Å². The van der Waals surface area contributed by atoms with E-state index in [-0.39, 0.29) is 11.9 Å². The van der Waals surface area contributed by atoms with Crippen LogP contribution in [0.3, 0.4) is 0 Å². The van der Waals surface area contributed by atoms with Gasteiger partial charge in [0, 0.05) is 20.1 Å². The van der Waals surface area contributed by atoms with Gasteiger partial charge in [-0.3, -0.25) is 9.69 Å². The van der Waals surface area contributed by atoms with Gasteiger partial charge in [-0.2, -0.15) is 0 Å². The van der Waals surface area contributed by atoms with Crippen molar-refractivity contribution in [1.82, 2.24) is 19.8 Å². The van der Waals surface area contributed by atoms with Crippen LogP contribution in [0.1, 0.15) is 11.4 Å². The molecule has 3 aromatic rings. The Bertz CT molecular complexity index is 887. The molecule has 1 amide bonds. The number of carbonyl (C=O) groups is 1. The lowest BCUT2D eigenvalue weighted by Gasteiger charge is -2.34. The van der Waals surface area contributed by atoms with Crippen LogP contribution >= 0.6 is 0 Å². The number of nitrogens with one attached hydrogen (secondary N) is 1. The number of rotatable bonds is 4. The van der Waals surface area contributed by atoms with Crippen LogP contribution in [0, 0.1) is 0 Å². The smallest absolute Gasteiger partial charge is 0.237 e. The number of hydrogen-bond donors (Lipinski definition) is 1. The number of imidazole rings is 1. The van der Waals surface area contributed by atoms with E-state index in [1.165, 1.54) is 5.56 Å². The molecular weight excluding hydrogens is 312 g/mol. The first-order chi connectivity index (χ1) is 12.2. The second-order valence-electron chi connectivity index (χ2n) is 6.54. The Balaban J connectivity index is 1.60. The minimum atomic E-state index is -0.157. The Labute approximate surface area is 147 Å². The van der Waals surface area contributed by atoms with Crippen molar-refractivity contribution in [3.8, 4) is 0 Å². The van der Waals surface area contributed by atoms with E-state index in [2.05, 4.69) is 33.0 Å². The number of aromatic nitrogens is 2. The fraction of sp³-hybridized carbons (Fsp3) is 0.300. The molecule has 2 aromatic carbocycles. The molecule has 2 heterocycles. The molecule has 0 bridgehead atoms. The van der Waals surface area contributed by atoms with E-state index in [4.69, 9.17) is 4.98 Å². The number of hydrogen-bond acceptors (Lipinski definition) is 3. The fourth-order valence-corrected chi connectivity index (χ4v) is 3.53. The summed E-state index contributed by atoms with van der Waals surface area (Å²) in [6.45, 7) is 2.20. The quantitative estimate of drug-likeness (QED) is 0.795. The zero-order valence-electron chi connectivity index (χ0n) is 14.4. The highest BCUT2D eigenvalue weighted by Gasteiger charge is 2.30. The number of para-hydroxylation sites is 2. The second kappa shape index (κ2) is 6.69. The summed E-state index contributed by atoms with van der Waals surface area (Å²) in [7, 11) is 2.04. The first-order valence-corrected chi connectivity index (χ1v) is 8.68. The molecule has 1 aromatic heterocycles. The molecule has 25 heavy (non-hydrogen) atoms. The zero-order chi connectivity index (χ0) is 17.2. The predicted octanol–water partition coefficient (Wildman–Crippen LogP) is 2.12. The maximum Gasteiger partial charge on any atom is 0.237 e. The van der Waals surface area contributed by atoms with Gasteiger partial charge in [0.15, 0.2) is 0 Å². The van der Waals surface area contributed by atoms with Gasteiger partial charge in [0.05, 0.1) is 23.6 Å². The number of amides is 1. The molecule has 1 aliphatic heterocycles. The van der Waals surface area contributed by atoms with Crippen molar-refractivity contribution < 1.29 is 4.79 Å². The Hall–Kier alpha value is -2.66. The van der Waals surface area contributed by atoms with E-state index in [0.717, 1.165) is 29.8 Å². The van der Waals surface area contributed by atoms with E-state index < -0.39 is 0 Å². The molecule has 128 valence electrons. The molecule has 5 heteroatoms. The molecule has 4 rings (SSSR count). The van der Waals surface area contributed by atoms with Crippen molar-refractivity contribution in [3.05, 3.63) is 66.0 Å². The summed E-state index contributed by atoms with van der Waals surface area (Å²) in [5, 5.41) is 3.00. The van der Waals surface area contributed by atoms with Gasteiger partial charge in [0.2, 0.25) is 5.91 Å². The first kappa shape index (κ1) is 15.8. The van der Waals surface area contributed by atoms with Gasteiger partial charge in [-0.15, -0.1) is 0 Å². The van der Waals surface area contributed by atoms with E-state index in [1.807, 2.05) is 43.4 Å². The monoisotopic (exact) mass is 334 g/mol. The predicted molar refractivity (Wildman–Crippen MR) is 98.1 cm³/mol. The number of carbonyl (C=O) groups excluding carboxylic acids is 1. The molecule has 0 spiro atoms. The van der Waals surface area contributed by atoms with Crippen molar-refractivity contribution in [2.75, 3.05) is 13.1 Å². The molecule has 1 unspecified atom stereocenters. The van der Waals surface area contributed by atoms with Crippen LogP contribution in [0.25, 0.3) is 11.0 Å². The fourth-order valence-electron chi connectivity index (χ4n) is 3.53. The number of aryl methyl sites for hydroxylation is 1. The van der Waals surface area contributed by atoms with E-state index in [1.54, 1.807) is 0 Å². The topological polar surface area (TPSA) is 50.2 Å². The molecule has 1 N–H and O–H groups in total. The van der Waals surface area contributed by atoms with Crippen molar-refractivity contribution in [2.24, 2.45) is 7.05 Å². The molecule has 1 aliphatic rings. The van der Waals surface area contributed by atoms with Crippen LogP contribution in [-0.2, 0) is 24.8 Å². The van der Waals surface area contributed by atoms with Crippen LogP contribution in [0.15, 0.2) is 54.6 Å². The number of benzene rings is 2. The summed E-state index contributed by atoms with van der Waals surface area (Å²) < 4.78 is 2.13. The van der Waals surface area contributed by atoms with E-state index in [9.17, 15) is 4.79 Å². The van der Waals surface area contributed by atoms with E-state index >= 15 is 0 Å². The average Bonchev–Trinajstić information content (AvgIpc) is 2.95. The molecule has 1 fully saturated rings. The summed E-state index contributed by atoms with van der Waals surface area (Å²) in [5.74, 6) is 1.10. The maximum absolute atomic E-state index is 12.5. The SMILES string of the molecule is Cn1c(CN2CCNC(=O)C2Cc2ccccc2)nc2ccccc21. The van der Waals surface area contributed by atoms with Crippen LogP contribution < -0.4 is 5.32 Å². The molecule has 1 atom stereocenters. The number of fused-ring (bicyclic) bond motifs is 1. The number of piperazine rings is 1. The average molecular weight is 334 g/mol. The molecule has 0 saturated carbocycles. The Morgan fingerprint density at radius 2 is 1.88 bits per heavy atom. The summed E-state index contributed by atoms with van der Waals surface area (Å²) in [5.41, 5.74) is 3.30. The third-order valence-corrected chi connectivity index (χ3v) is 4.94. The normalized spacial score (nSPS) is 18.4. The van der Waals surface area contributed by atoms with Crippen molar-refractivity contribution >= 4 is 16.9 Å². The maximum atomic E-state index is 12.5. The van der Waals surface area contributed by atoms with Gasteiger partial charge in [-0.05, 0) is 24.1 Å². The largest absolute Gasteiger partial charge is 0.353 e. The summed E-state index contributed by atoms with van der Waals surface area (Å²) >= 11 is 0. The molecule has 5 nitrogen and oxygen atoms in total. The van der Waals surface area contributed by atoms with Crippen molar-refractivity contribution in [2.45, 2.75) is 19.0 Å². The van der Waals surface area contributed by atoms with Gasteiger partial charge in [0.25, 0.3) is 0 Å². The van der Waals surface area contributed by atoms with Crippen LogP contribution in [-0.4, -0.2) is 39.5 Å². The highest BCUT2D eigenvalue weighted by molar-refractivity contribution is 5.83. The van der Waals surface area contributed by atoms with Gasteiger partial charge in [0.1, 0.15) is 5.82 Å². The van der Waals surface area contributed by atoms with Crippen LogP contribution in [0.2, 0.25) is 0 Å². The van der Waals surface area contributed by atoms with Gasteiger partial charge in [-0.25, -0.2) is 4.98 Å². The third-order valence-electron chi connectivity index (χ3n) is 4.94. The lowest BCUT2D eigenvalue weighted by atomic mass is 10.0.